The third kappa shape index (κ3) is 4.93. The Bertz CT molecular complexity index is 378. The molecule has 2 atom stereocenters. The second kappa shape index (κ2) is 7.62. The zero-order valence-corrected chi connectivity index (χ0v) is 12.8. The molecule has 0 saturated heterocycles. The number of rotatable bonds is 8. The maximum absolute atomic E-state index is 11.3. The van der Waals surface area contributed by atoms with Crippen molar-refractivity contribution < 1.29 is 4.79 Å². The van der Waals surface area contributed by atoms with Crippen molar-refractivity contribution >= 4 is 17.2 Å². The fourth-order valence-corrected chi connectivity index (χ4v) is 3.03. The first-order chi connectivity index (χ1) is 8.95. The smallest absolute Gasteiger partial charge is 0.231 e. The summed E-state index contributed by atoms with van der Waals surface area (Å²) < 4.78 is 0. The molecule has 0 fully saturated rings. The van der Waals surface area contributed by atoms with Crippen LogP contribution in [-0.2, 0) is 4.79 Å². The molecule has 2 unspecified atom stereocenters. The fourth-order valence-electron chi connectivity index (χ4n) is 2.34. The number of nitrogens with two attached hydrogens (primary N) is 2. The number of carbonyl (C=O) groups is 1. The molecular weight excluding hydrogens is 258 g/mol. The molecule has 1 aromatic heterocycles. The molecule has 0 spiro atoms. The van der Waals surface area contributed by atoms with Gasteiger partial charge in [-0.2, -0.15) is 11.3 Å². The number of carbonyl (C=O) groups excluding carboxylic acids is 1. The summed E-state index contributed by atoms with van der Waals surface area (Å²) in [4.78, 5) is 13.4. The Hall–Kier alpha value is -0.910. The third-order valence-corrected chi connectivity index (χ3v) is 3.82. The zero-order chi connectivity index (χ0) is 14.4. The van der Waals surface area contributed by atoms with Crippen LogP contribution in [0.5, 0.6) is 0 Å². The molecule has 19 heavy (non-hydrogen) atoms. The van der Waals surface area contributed by atoms with E-state index in [0.717, 1.165) is 13.0 Å². The van der Waals surface area contributed by atoms with Crippen molar-refractivity contribution in [3.05, 3.63) is 22.4 Å². The van der Waals surface area contributed by atoms with Gasteiger partial charge in [0.25, 0.3) is 0 Å². The molecule has 0 aliphatic heterocycles. The minimum atomic E-state index is -0.302. The topological polar surface area (TPSA) is 72.3 Å². The summed E-state index contributed by atoms with van der Waals surface area (Å²) in [6, 6.07) is 2.15. The molecule has 4 nitrogen and oxygen atoms in total. The normalized spacial score (nSPS) is 14.8. The van der Waals surface area contributed by atoms with Crippen LogP contribution in [0.4, 0.5) is 0 Å². The van der Waals surface area contributed by atoms with Crippen molar-refractivity contribution in [3.8, 4) is 0 Å². The molecule has 108 valence electrons. The van der Waals surface area contributed by atoms with Gasteiger partial charge < -0.3 is 11.5 Å². The van der Waals surface area contributed by atoms with Crippen LogP contribution >= 0.6 is 11.3 Å². The number of thiophene rings is 1. The van der Waals surface area contributed by atoms with Crippen LogP contribution in [0.2, 0.25) is 0 Å². The lowest BCUT2D eigenvalue weighted by Gasteiger charge is -2.35. The molecule has 0 radical (unpaired) electrons. The largest absolute Gasteiger partial charge is 0.369 e. The SMILES string of the molecule is CCC(N)C(c1ccsc1)N(CC(N)=O)CC(C)C. The van der Waals surface area contributed by atoms with Gasteiger partial charge in [0.2, 0.25) is 5.91 Å². The summed E-state index contributed by atoms with van der Waals surface area (Å²) in [6.45, 7) is 7.41. The summed E-state index contributed by atoms with van der Waals surface area (Å²) in [6.07, 6.45) is 0.869. The minimum absolute atomic E-state index is 0.00713. The second-order valence-electron chi connectivity index (χ2n) is 5.36. The average molecular weight is 283 g/mol. The Morgan fingerprint density at radius 3 is 2.58 bits per heavy atom. The molecule has 0 aliphatic carbocycles. The highest BCUT2D eigenvalue weighted by Gasteiger charge is 2.27. The van der Waals surface area contributed by atoms with E-state index in [1.165, 1.54) is 5.56 Å². The highest BCUT2D eigenvalue weighted by molar-refractivity contribution is 7.07. The van der Waals surface area contributed by atoms with E-state index in [-0.39, 0.29) is 24.5 Å². The van der Waals surface area contributed by atoms with Crippen molar-refractivity contribution in [3.63, 3.8) is 0 Å². The van der Waals surface area contributed by atoms with Crippen molar-refractivity contribution in [2.24, 2.45) is 17.4 Å². The fraction of sp³-hybridized carbons (Fsp3) is 0.643. The van der Waals surface area contributed by atoms with Gasteiger partial charge in [0.1, 0.15) is 0 Å². The predicted octanol–water partition coefficient (Wildman–Crippen LogP) is 1.97. The lowest BCUT2D eigenvalue weighted by molar-refractivity contribution is -0.120. The van der Waals surface area contributed by atoms with Gasteiger partial charge >= 0.3 is 0 Å². The molecule has 4 N–H and O–H groups in total. The van der Waals surface area contributed by atoms with Crippen LogP contribution in [0.1, 0.15) is 38.8 Å². The third-order valence-electron chi connectivity index (χ3n) is 3.11. The Kier molecular flexibility index (Phi) is 6.48. The predicted molar refractivity (Wildman–Crippen MR) is 80.9 cm³/mol. The summed E-state index contributed by atoms with van der Waals surface area (Å²) in [5.74, 6) is 0.161. The molecule has 5 heteroatoms. The van der Waals surface area contributed by atoms with E-state index in [1.54, 1.807) is 11.3 Å². The summed E-state index contributed by atoms with van der Waals surface area (Å²) >= 11 is 1.65. The average Bonchev–Trinajstić information content (AvgIpc) is 2.80. The highest BCUT2D eigenvalue weighted by Crippen LogP contribution is 2.27. The van der Waals surface area contributed by atoms with Gasteiger partial charge in [-0.15, -0.1) is 0 Å². The van der Waals surface area contributed by atoms with Gasteiger partial charge in [0.05, 0.1) is 12.6 Å². The summed E-state index contributed by atoms with van der Waals surface area (Å²) in [5.41, 5.74) is 12.8. The molecule has 0 aromatic carbocycles. The standard InChI is InChI=1S/C14H25N3OS/c1-4-12(15)14(11-5-6-19-9-11)17(7-10(2)3)8-13(16)18/h5-6,9-10,12,14H,4,7-8,15H2,1-3H3,(H2,16,18). The Morgan fingerprint density at radius 1 is 1.47 bits per heavy atom. The molecule has 0 bridgehead atoms. The van der Waals surface area contributed by atoms with Crippen LogP contribution in [0.3, 0.4) is 0 Å². The lowest BCUT2D eigenvalue weighted by atomic mass is 9.97. The number of hydrogen-bond donors (Lipinski definition) is 2. The van der Waals surface area contributed by atoms with E-state index < -0.39 is 0 Å². The summed E-state index contributed by atoms with van der Waals surface area (Å²) in [7, 11) is 0. The van der Waals surface area contributed by atoms with Crippen molar-refractivity contribution in [1.29, 1.82) is 0 Å². The number of hydrogen-bond acceptors (Lipinski definition) is 4. The van der Waals surface area contributed by atoms with Gasteiger partial charge in [-0.3, -0.25) is 9.69 Å². The van der Waals surface area contributed by atoms with E-state index in [0.29, 0.717) is 5.92 Å². The van der Waals surface area contributed by atoms with Crippen LogP contribution < -0.4 is 11.5 Å². The first-order valence-electron chi connectivity index (χ1n) is 6.75. The van der Waals surface area contributed by atoms with Gasteiger partial charge in [0.15, 0.2) is 0 Å². The van der Waals surface area contributed by atoms with Crippen molar-refractivity contribution in [1.82, 2.24) is 4.90 Å². The number of amides is 1. The first kappa shape index (κ1) is 16.1. The van der Waals surface area contributed by atoms with E-state index in [1.807, 2.05) is 5.38 Å². The quantitative estimate of drug-likeness (QED) is 0.766. The number of nitrogens with zero attached hydrogens (tertiary/aromatic N) is 1. The minimum Gasteiger partial charge on any atom is -0.369 e. The lowest BCUT2D eigenvalue weighted by Crippen LogP contribution is -2.45. The Labute approximate surface area is 119 Å². The molecule has 1 amide bonds. The van der Waals surface area contributed by atoms with E-state index >= 15 is 0 Å². The van der Waals surface area contributed by atoms with E-state index in [2.05, 4.69) is 37.1 Å². The van der Waals surface area contributed by atoms with E-state index in [9.17, 15) is 4.79 Å². The van der Waals surface area contributed by atoms with Gasteiger partial charge in [-0.1, -0.05) is 20.8 Å². The van der Waals surface area contributed by atoms with Crippen molar-refractivity contribution in [2.45, 2.75) is 39.3 Å². The number of primary amides is 1. The Morgan fingerprint density at radius 2 is 2.16 bits per heavy atom. The molecule has 0 aliphatic rings. The second-order valence-corrected chi connectivity index (χ2v) is 6.14. The summed E-state index contributed by atoms with van der Waals surface area (Å²) in [5, 5.41) is 4.15. The van der Waals surface area contributed by atoms with Crippen LogP contribution in [0.25, 0.3) is 0 Å². The maximum atomic E-state index is 11.3. The monoisotopic (exact) mass is 283 g/mol. The van der Waals surface area contributed by atoms with Gasteiger partial charge in [0, 0.05) is 12.6 Å². The Balaban J connectivity index is 2.99. The molecule has 1 heterocycles. The highest BCUT2D eigenvalue weighted by atomic mass is 32.1. The van der Waals surface area contributed by atoms with Crippen LogP contribution in [-0.4, -0.2) is 29.9 Å². The maximum Gasteiger partial charge on any atom is 0.231 e. The van der Waals surface area contributed by atoms with Crippen LogP contribution in [0, 0.1) is 5.92 Å². The first-order valence-corrected chi connectivity index (χ1v) is 7.70. The molecular formula is C14H25N3OS. The molecule has 1 rings (SSSR count). The molecule has 1 aromatic rings. The molecule has 0 saturated carbocycles. The van der Waals surface area contributed by atoms with Crippen molar-refractivity contribution in [2.75, 3.05) is 13.1 Å². The van der Waals surface area contributed by atoms with E-state index in [4.69, 9.17) is 11.5 Å². The van der Waals surface area contributed by atoms with Gasteiger partial charge in [-0.25, -0.2) is 0 Å². The van der Waals surface area contributed by atoms with Crippen LogP contribution in [0.15, 0.2) is 16.8 Å². The zero-order valence-electron chi connectivity index (χ0n) is 12.0. The van der Waals surface area contributed by atoms with Gasteiger partial charge in [-0.05, 0) is 34.7 Å².